The van der Waals surface area contributed by atoms with Gasteiger partial charge in [0.25, 0.3) is 0 Å². The number of nitrogens with zero attached hydrogens (tertiary/aromatic N) is 4. The van der Waals surface area contributed by atoms with Gasteiger partial charge in [0.1, 0.15) is 11.6 Å². The van der Waals surface area contributed by atoms with E-state index in [9.17, 15) is 14.0 Å². The van der Waals surface area contributed by atoms with E-state index in [1.807, 2.05) is 29.0 Å². The lowest BCUT2D eigenvalue weighted by molar-refractivity contribution is -0.130. The maximum atomic E-state index is 14.3. The number of anilines is 1. The van der Waals surface area contributed by atoms with Crippen molar-refractivity contribution >= 4 is 23.3 Å². The second-order valence-corrected chi connectivity index (χ2v) is 9.18. The second-order valence-electron chi connectivity index (χ2n) is 8.78. The van der Waals surface area contributed by atoms with Crippen LogP contribution in [0.1, 0.15) is 17.5 Å². The first kappa shape index (κ1) is 23.9. The van der Waals surface area contributed by atoms with E-state index in [0.717, 1.165) is 12.0 Å². The number of amides is 1. The van der Waals surface area contributed by atoms with E-state index >= 15 is 0 Å². The highest BCUT2D eigenvalue weighted by Gasteiger charge is 2.22. The summed E-state index contributed by atoms with van der Waals surface area (Å²) in [6, 6.07) is 12.5. The molecule has 0 saturated carbocycles. The van der Waals surface area contributed by atoms with Gasteiger partial charge in [-0.1, -0.05) is 41.9 Å². The minimum atomic E-state index is -0.582. The van der Waals surface area contributed by atoms with Crippen LogP contribution in [-0.4, -0.2) is 43.0 Å². The van der Waals surface area contributed by atoms with E-state index < -0.39 is 5.82 Å². The van der Waals surface area contributed by atoms with Gasteiger partial charge in [-0.3, -0.25) is 14.3 Å². The van der Waals surface area contributed by atoms with Crippen molar-refractivity contribution in [2.45, 2.75) is 32.5 Å². The second kappa shape index (κ2) is 10.4. The Morgan fingerprint density at radius 1 is 1.17 bits per heavy atom. The maximum absolute atomic E-state index is 14.3. The van der Waals surface area contributed by atoms with Crippen molar-refractivity contribution in [2.24, 2.45) is 0 Å². The summed E-state index contributed by atoms with van der Waals surface area (Å²) in [5, 5.41) is 3.09. The van der Waals surface area contributed by atoms with Crippen molar-refractivity contribution in [3.8, 4) is 11.3 Å². The zero-order valence-electron chi connectivity index (χ0n) is 19.6. The Bertz CT molecular complexity index is 1430. The first-order valence-electron chi connectivity index (χ1n) is 11.8. The van der Waals surface area contributed by atoms with Gasteiger partial charge in [-0.15, -0.1) is 0 Å². The fraction of sp³-hybridized carbons (Fsp3) is 0.269. The van der Waals surface area contributed by atoms with Crippen LogP contribution in [0.15, 0.2) is 66.0 Å². The summed E-state index contributed by atoms with van der Waals surface area (Å²) in [4.78, 5) is 34.5. The van der Waals surface area contributed by atoms with Gasteiger partial charge >= 0.3 is 5.69 Å². The normalized spacial score (nSPS) is 13.0. The quantitative estimate of drug-likeness (QED) is 0.377. The standard InChI is InChI=1S/C26H26ClFN6O2/c27-21-7-6-19(14-22(21)28)24-25(31-26(36)34(24)11-3-10-32-13-9-29-17-32)30-15-23(35)33-12-8-18-4-1-2-5-20(18)16-33/h1-2,4-7,9,13-14,17,30H,3,8,10-12,15-16H2,(H,31,36). The fourth-order valence-corrected chi connectivity index (χ4v) is 4.69. The highest BCUT2D eigenvalue weighted by atomic mass is 35.5. The predicted molar refractivity (Wildman–Crippen MR) is 136 cm³/mol. The van der Waals surface area contributed by atoms with Crippen molar-refractivity contribution in [3.05, 3.63) is 93.6 Å². The predicted octanol–water partition coefficient (Wildman–Crippen LogP) is 3.92. The van der Waals surface area contributed by atoms with Crippen LogP contribution >= 0.6 is 11.6 Å². The molecule has 2 aromatic heterocycles. The monoisotopic (exact) mass is 508 g/mol. The van der Waals surface area contributed by atoms with Crippen LogP contribution in [0.25, 0.3) is 11.3 Å². The molecule has 8 nitrogen and oxygen atoms in total. The molecule has 1 amide bonds. The Morgan fingerprint density at radius 2 is 2.00 bits per heavy atom. The third-order valence-corrected chi connectivity index (χ3v) is 6.74. The molecule has 1 aliphatic rings. The van der Waals surface area contributed by atoms with E-state index in [1.54, 1.807) is 28.1 Å². The molecule has 0 saturated heterocycles. The molecule has 5 rings (SSSR count). The summed E-state index contributed by atoms with van der Waals surface area (Å²) < 4.78 is 17.8. The van der Waals surface area contributed by atoms with Crippen LogP contribution in [-0.2, 0) is 30.8 Å². The van der Waals surface area contributed by atoms with Gasteiger partial charge in [0.2, 0.25) is 5.91 Å². The molecule has 0 radical (unpaired) electrons. The fourth-order valence-electron chi connectivity index (χ4n) is 4.57. The van der Waals surface area contributed by atoms with E-state index in [-0.39, 0.29) is 23.2 Å². The molecule has 4 aromatic rings. The first-order valence-corrected chi connectivity index (χ1v) is 12.2. The van der Waals surface area contributed by atoms with Crippen LogP contribution in [0.5, 0.6) is 0 Å². The topological polar surface area (TPSA) is 87.9 Å². The minimum absolute atomic E-state index is 0.000227. The Morgan fingerprint density at radius 3 is 2.78 bits per heavy atom. The number of aromatic amines is 1. The lowest BCUT2D eigenvalue weighted by Crippen LogP contribution is -2.39. The number of carbonyl (C=O) groups excluding carboxylic acids is 1. The molecule has 10 heteroatoms. The summed E-state index contributed by atoms with van der Waals surface area (Å²) >= 11 is 5.89. The first-order chi connectivity index (χ1) is 17.5. The molecule has 2 N–H and O–H groups in total. The largest absolute Gasteiger partial charge is 0.361 e. The molecule has 0 atom stereocenters. The van der Waals surface area contributed by atoms with Crippen molar-refractivity contribution in [1.82, 2.24) is 24.0 Å². The van der Waals surface area contributed by atoms with Crippen molar-refractivity contribution < 1.29 is 9.18 Å². The van der Waals surface area contributed by atoms with Gasteiger partial charge in [-0.2, -0.15) is 0 Å². The molecule has 1 aliphatic heterocycles. The molecule has 0 spiro atoms. The highest BCUT2D eigenvalue weighted by Crippen LogP contribution is 2.29. The van der Waals surface area contributed by atoms with Gasteiger partial charge in [-0.05, 0) is 36.1 Å². The SMILES string of the molecule is O=C(CNc1[nH]c(=O)n(CCCn2ccnc2)c1-c1ccc(Cl)c(F)c1)N1CCc2ccccc2C1. The summed E-state index contributed by atoms with van der Waals surface area (Å²) in [6.07, 6.45) is 6.73. The maximum Gasteiger partial charge on any atom is 0.327 e. The number of imidazole rings is 2. The number of benzene rings is 2. The Balaban J connectivity index is 1.36. The van der Waals surface area contributed by atoms with Crippen molar-refractivity contribution in [3.63, 3.8) is 0 Å². The van der Waals surface area contributed by atoms with Gasteiger partial charge in [0.05, 0.1) is 23.6 Å². The Labute approximate surface area is 212 Å². The minimum Gasteiger partial charge on any atom is -0.361 e. The number of carbonyl (C=O) groups is 1. The van der Waals surface area contributed by atoms with Crippen LogP contribution in [0.4, 0.5) is 10.2 Å². The number of fused-ring (bicyclic) bond motifs is 1. The van der Waals surface area contributed by atoms with E-state index in [1.165, 1.54) is 17.7 Å². The van der Waals surface area contributed by atoms with E-state index in [0.29, 0.717) is 49.7 Å². The Kier molecular flexibility index (Phi) is 6.90. The summed E-state index contributed by atoms with van der Waals surface area (Å²) in [5.41, 5.74) is 3.04. The molecular weight excluding hydrogens is 483 g/mol. The number of H-pyrrole nitrogens is 1. The number of halogens is 2. The molecule has 186 valence electrons. The van der Waals surface area contributed by atoms with Crippen molar-refractivity contribution in [2.75, 3.05) is 18.4 Å². The van der Waals surface area contributed by atoms with Crippen LogP contribution < -0.4 is 11.0 Å². The van der Waals surface area contributed by atoms with Crippen molar-refractivity contribution in [1.29, 1.82) is 0 Å². The van der Waals surface area contributed by atoms with Crippen LogP contribution in [0.2, 0.25) is 5.02 Å². The summed E-state index contributed by atoms with van der Waals surface area (Å²) in [7, 11) is 0. The van der Waals surface area contributed by atoms with Crippen LogP contribution in [0, 0.1) is 5.82 Å². The molecule has 0 unspecified atom stereocenters. The average molecular weight is 509 g/mol. The van der Waals surface area contributed by atoms with Crippen LogP contribution in [0.3, 0.4) is 0 Å². The molecular formula is C26H26ClFN6O2. The van der Waals surface area contributed by atoms with Gasteiger partial charge in [0, 0.05) is 44.1 Å². The number of nitrogens with one attached hydrogen (secondary N) is 2. The molecule has 0 fully saturated rings. The van der Waals surface area contributed by atoms with E-state index in [4.69, 9.17) is 11.6 Å². The zero-order valence-corrected chi connectivity index (χ0v) is 20.3. The summed E-state index contributed by atoms with van der Waals surface area (Å²) in [5.74, 6) is -0.289. The molecule has 3 heterocycles. The number of aryl methyl sites for hydroxylation is 1. The molecule has 36 heavy (non-hydrogen) atoms. The lowest BCUT2D eigenvalue weighted by Gasteiger charge is -2.29. The number of aromatic nitrogens is 4. The smallest absolute Gasteiger partial charge is 0.327 e. The van der Waals surface area contributed by atoms with Gasteiger partial charge < -0.3 is 14.8 Å². The number of hydrogen-bond donors (Lipinski definition) is 2. The highest BCUT2D eigenvalue weighted by molar-refractivity contribution is 6.30. The molecule has 2 aromatic carbocycles. The third-order valence-electron chi connectivity index (χ3n) is 6.43. The molecule has 0 bridgehead atoms. The van der Waals surface area contributed by atoms with Gasteiger partial charge in [0.15, 0.2) is 0 Å². The Hall–Kier alpha value is -3.85. The third kappa shape index (κ3) is 5.06. The lowest BCUT2D eigenvalue weighted by atomic mass is 10.00. The average Bonchev–Trinajstić information content (AvgIpc) is 3.52. The number of rotatable bonds is 8. The summed E-state index contributed by atoms with van der Waals surface area (Å²) in [6.45, 7) is 2.26. The van der Waals surface area contributed by atoms with Gasteiger partial charge in [-0.25, -0.2) is 14.2 Å². The number of hydrogen-bond acceptors (Lipinski definition) is 4. The molecule has 0 aliphatic carbocycles. The van der Waals surface area contributed by atoms with E-state index in [2.05, 4.69) is 21.4 Å². The zero-order chi connectivity index (χ0) is 25.1.